The van der Waals surface area contributed by atoms with Crippen LogP contribution in [0.1, 0.15) is 12.5 Å². The number of hydrogen-bond donors (Lipinski definition) is 1. The molecule has 0 saturated carbocycles. The maximum atomic E-state index is 11.3. The molecule has 1 aromatic rings. The summed E-state index contributed by atoms with van der Waals surface area (Å²) in [6.45, 7) is 4.42. The van der Waals surface area contributed by atoms with Crippen LogP contribution in [0.25, 0.3) is 0 Å². The zero-order valence-corrected chi connectivity index (χ0v) is 13.4. The minimum Gasteiger partial charge on any atom is -0.465 e. The summed E-state index contributed by atoms with van der Waals surface area (Å²) in [7, 11) is 1.67. The van der Waals surface area contributed by atoms with Crippen LogP contribution >= 0.6 is 23.4 Å². The molecule has 0 fully saturated rings. The van der Waals surface area contributed by atoms with Crippen molar-refractivity contribution in [3.8, 4) is 0 Å². The van der Waals surface area contributed by atoms with E-state index in [2.05, 4.69) is 5.32 Å². The molecule has 0 radical (unpaired) electrons. The Hall–Kier alpha value is -0.750. The first kappa shape index (κ1) is 17.3. The third-order valence-corrected chi connectivity index (χ3v) is 3.93. The van der Waals surface area contributed by atoms with Gasteiger partial charge in [0.2, 0.25) is 0 Å². The van der Waals surface area contributed by atoms with E-state index in [9.17, 15) is 4.79 Å². The number of carbonyl (C=O) groups excluding carboxylic acids is 1. The molecule has 0 aliphatic heterocycles. The molecule has 20 heavy (non-hydrogen) atoms. The van der Waals surface area contributed by atoms with E-state index in [1.807, 2.05) is 18.2 Å². The monoisotopic (exact) mass is 317 g/mol. The van der Waals surface area contributed by atoms with Crippen LogP contribution in [0.2, 0.25) is 5.02 Å². The molecule has 4 nitrogen and oxygen atoms in total. The first-order valence-corrected chi connectivity index (χ1v) is 7.80. The quantitative estimate of drug-likeness (QED) is 0.431. The van der Waals surface area contributed by atoms with Crippen molar-refractivity contribution >= 4 is 29.3 Å². The lowest BCUT2D eigenvalue weighted by Crippen LogP contribution is -2.18. The average molecular weight is 318 g/mol. The number of rotatable bonds is 9. The van der Waals surface area contributed by atoms with Crippen LogP contribution in [-0.2, 0) is 20.8 Å². The van der Waals surface area contributed by atoms with Gasteiger partial charge in [-0.15, -0.1) is 11.8 Å². The molecule has 0 aliphatic rings. The third-order valence-electron chi connectivity index (χ3n) is 2.46. The highest BCUT2D eigenvalue weighted by molar-refractivity contribution is 8.00. The van der Waals surface area contributed by atoms with Crippen molar-refractivity contribution in [1.82, 2.24) is 5.32 Å². The predicted octanol–water partition coefficient (Wildman–Crippen LogP) is 2.73. The van der Waals surface area contributed by atoms with E-state index < -0.39 is 0 Å². The molecular formula is C14H20ClNO3S. The van der Waals surface area contributed by atoms with Gasteiger partial charge in [0.25, 0.3) is 0 Å². The zero-order chi connectivity index (χ0) is 14.8. The number of carbonyl (C=O) groups is 1. The number of ether oxygens (including phenoxy) is 2. The SMILES string of the molecule is CCOC(=O)CSc1ccc(CNCCOC)cc1Cl. The summed E-state index contributed by atoms with van der Waals surface area (Å²) >= 11 is 7.59. The second-order valence-electron chi connectivity index (χ2n) is 4.03. The number of halogens is 1. The van der Waals surface area contributed by atoms with Crippen molar-refractivity contribution in [2.24, 2.45) is 0 Å². The number of thioether (sulfide) groups is 1. The second kappa shape index (κ2) is 10.0. The molecule has 0 spiro atoms. The van der Waals surface area contributed by atoms with Gasteiger partial charge in [0.15, 0.2) is 0 Å². The highest BCUT2D eigenvalue weighted by atomic mass is 35.5. The summed E-state index contributed by atoms with van der Waals surface area (Å²) in [5, 5.41) is 3.91. The first-order chi connectivity index (χ1) is 9.67. The van der Waals surface area contributed by atoms with Crippen molar-refractivity contribution in [2.75, 3.05) is 32.6 Å². The van der Waals surface area contributed by atoms with Crippen molar-refractivity contribution < 1.29 is 14.3 Å². The van der Waals surface area contributed by atoms with Gasteiger partial charge in [0.05, 0.1) is 24.0 Å². The lowest BCUT2D eigenvalue weighted by molar-refractivity contribution is -0.139. The summed E-state index contributed by atoms with van der Waals surface area (Å²) < 4.78 is 9.84. The Bertz CT molecular complexity index is 429. The molecule has 6 heteroatoms. The highest BCUT2D eigenvalue weighted by Gasteiger charge is 2.07. The highest BCUT2D eigenvalue weighted by Crippen LogP contribution is 2.28. The maximum absolute atomic E-state index is 11.3. The van der Waals surface area contributed by atoms with Gasteiger partial charge in [-0.05, 0) is 24.6 Å². The standard InChI is InChI=1S/C14H20ClNO3S/c1-3-19-14(17)10-20-13-5-4-11(8-12(13)15)9-16-6-7-18-2/h4-5,8,16H,3,6-7,9-10H2,1-2H3. The second-order valence-corrected chi connectivity index (χ2v) is 5.45. The molecule has 0 amide bonds. The minimum atomic E-state index is -0.223. The van der Waals surface area contributed by atoms with Crippen LogP contribution in [0.3, 0.4) is 0 Å². The first-order valence-electron chi connectivity index (χ1n) is 6.43. The number of methoxy groups -OCH3 is 1. The lowest BCUT2D eigenvalue weighted by atomic mass is 10.2. The van der Waals surface area contributed by atoms with E-state index in [1.54, 1.807) is 14.0 Å². The summed E-state index contributed by atoms with van der Waals surface area (Å²) in [6, 6.07) is 5.84. The zero-order valence-electron chi connectivity index (χ0n) is 11.8. The largest absolute Gasteiger partial charge is 0.465 e. The Labute approximate surface area is 129 Å². The fourth-order valence-corrected chi connectivity index (χ4v) is 2.60. The van der Waals surface area contributed by atoms with E-state index in [1.165, 1.54) is 11.8 Å². The van der Waals surface area contributed by atoms with E-state index in [-0.39, 0.29) is 11.7 Å². The van der Waals surface area contributed by atoms with Gasteiger partial charge in [0, 0.05) is 25.1 Å². The number of benzene rings is 1. The molecule has 0 heterocycles. The maximum Gasteiger partial charge on any atom is 0.316 e. The molecule has 0 bridgehead atoms. The Balaban J connectivity index is 2.44. The minimum absolute atomic E-state index is 0.223. The fraction of sp³-hybridized carbons (Fsp3) is 0.500. The normalized spacial score (nSPS) is 10.6. The Morgan fingerprint density at radius 2 is 2.25 bits per heavy atom. The molecule has 1 rings (SSSR count). The van der Waals surface area contributed by atoms with Gasteiger partial charge < -0.3 is 14.8 Å². The van der Waals surface area contributed by atoms with Gasteiger partial charge in [-0.3, -0.25) is 4.79 Å². The molecule has 0 aromatic heterocycles. The van der Waals surface area contributed by atoms with Gasteiger partial charge in [-0.25, -0.2) is 0 Å². The van der Waals surface area contributed by atoms with Crippen LogP contribution < -0.4 is 5.32 Å². The Morgan fingerprint density at radius 3 is 2.90 bits per heavy atom. The third kappa shape index (κ3) is 6.61. The average Bonchev–Trinajstić information content (AvgIpc) is 2.43. The van der Waals surface area contributed by atoms with Crippen LogP contribution in [0, 0.1) is 0 Å². The van der Waals surface area contributed by atoms with Crippen molar-refractivity contribution in [3.63, 3.8) is 0 Å². The van der Waals surface area contributed by atoms with E-state index in [0.717, 1.165) is 23.5 Å². The van der Waals surface area contributed by atoms with Crippen LogP contribution in [-0.4, -0.2) is 38.6 Å². The summed E-state index contributed by atoms with van der Waals surface area (Å²) in [4.78, 5) is 12.2. The van der Waals surface area contributed by atoms with E-state index >= 15 is 0 Å². The van der Waals surface area contributed by atoms with Crippen LogP contribution in [0.15, 0.2) is 23.1 Å². The fourth-order valence-electron chi connectivity index (χ4n) is 1.52. The molecular weight excluding hydrogens is 298 g/mol. The van der Waals surface area contributed by atoms with Crippen molar-refractivity contribution in [3.05, 3.63) is 28.8 Å². The van der Waals surface area contributed by atoms with Crippen molar-refractivity contribution in [1.29, 1.82) is 0 Å². The molecule has 0 aliphatic carbocycles. The Morgan fingerprint density at radius 1 is 1.45 bits per heavy atom. The van der Waals surface area contributed by atoms with Gasteiger partial charge in [-0.1, -0.05) is 17.7 Å². The molecule has 0 unspecified atom stereocenters. The smallest absolute Gasteiger partial charge is 0.316 e. The van der Waals surface area contributed by atoms with Gasteiger partial charge >= 0.3 is 5.97 Å². The van der Waals surface area contributed by atoms with E-state index in [4.69, 9.17) is 21.1 Å². The summed E-state index contributed by atoms with van der Waals surface area (Å²) in [5.41, 5.74) is 1.10. The van der Waals surface area contributed by atoms with Gasteiger partial charge in [0.1, 0.15) is 0 Å². The van der Waals surface area contributed by atoms with Crippen molar-refractivity contribution in [2.45, 2.75) is 18.4 Å². The molecule has 1 N–H and O–H groups in total. The molecule has 0 saturated heterocycles. The summed E-state index contributed by atoms with van der Waals surface area (Å²) in [6.07, 6.45) is 0. The topological polar surface area (TPSA) is 47.6 Å². The molecule has 112 valence electrons. The van der Waals surface area contributed by atoms with E-state index in [0.29, 0.717) is 18.2 Å². The molecule has 0 atom stereocenters. The van der Waals surface area contributed by atoms with Crippen LogP contribution in [0.4, 0.5) is 0 Å². The summed E-state index contributed by atoms with van der Waals surface area (Å²) in [5.74, 6) is 0.0535. The number of esters is 1. The molecule has 1 aromatic carbocycles. The predicted molar refractivity (Wildman–Crippen MR) is 82.4 cm³/mol. The van der Waals surface area contributed by atoms with Gasteiger partial charge in [-0.2, -0.15) is 0 Å². The Kier molecular flexibility index (Phi) is 8.69. The van der Waals surface area contributed by atoms with Crippen LogP contribution in [0.5, 0.6) is 0 Å². The lowest BCUT2D eigenvalue weighted by Gasteiger charge is -2.08. The number of nitrogens with one attached hydrogen (secondary N) is 1. The number of hydrogen-bond acceptors (Lipinski definition) is 5.